The van der Waals surface area contributed by atoms with Crippen LogP contribution in [0, 0.1) is 11.3 Å². The fourth-order valence-corrected chi connectivity index (χ4v) is 2.29. The molecule has 0 aliphatic heterocycles. The van der Waals surface area contributed by atoms with Gasteiger partial charge >= 0.3 is 0 Å². The molecule has 7 heteroatoms. The second-order valence-corrected chi connectivity index (χ2v) is 5.02. The van der Waals surface area contributed by atoms with Gasteiger partial charge in [0.15, 0.2) is 5.75 Å². The summed E-state index contributed by atoms with van der Waals surface area (Å²) in [6.07, 6.45) is 1.40. The molecular weight excluding hydrogens is 335 g/mol. The van der Waals surface area contributed by atoms with Gasteiger partial charge in [0.2, 0.25) is 6.08 Å². The van der Waals surface area contributed by atoms with Gasteiger partial charge in [-0.15, -0.1) is 0 Å². The van der Waals surface area contributed by atoms with Crippen molar-refractivity contribution in [2.75, 3.05) is 0 Å². The Bertz CT molecular complexity index is 770. The quantitative estimate of drug-likeness (QED) is 0.564. The zero-order chi connectivity index (χ0) is 15.4. The fraction of sp³-hybridized carbons (Fsp3) is 0. The van der Waals surface area contributed by atoms with Gasteiger partial charge in [-0.05, 0) is 24.3 Å². The molecule has 0 N–H and O–H groups in total. The monoisotopic (exact) mass is 338 g/mol. The Morgan fingerprint density at radius 2 is 1.71 bits per heavy atom. The Labute approximate surface area is 135 Å². The Hall–Kier alpha value is -2.02. The highest BCUT2D eigenvalue weighted by molar-refractivity contribution is 6.37. The van der Waals surface area contributed by atoms with E-state index in [9.17, 15) is 4.79 Å². The lowest BCUT2D eigenvalue weighted by atomic mass is 10.2. The van der Waals surface area contributed by atoms with Crippen LogP contribution in [0.1, 0.15) is 5.56 Å². The number of nitriles is 1. The van der Waals surface area contributed by atoms with Crippen molar-refractivity contribution in [2.24, 2.45) is 4.99 Å². The van der Waals surface area contributed by atoms with Gasteiger partial charge in [-0.25, -0.2) is 4.79 Å². The Morgan fingerprint density at radius 3 is 2.24 bits per heavy atom. The molecule has 0 aromatic heterocycles. The third-order valence-corrected chi connectivity index (χ3v) is 3.31. The smallest absolute Gasteiger partial charge is 0.240 e. The van der Waals surface area contributed by atoms with Gasteiger partial charge in [-0.2, -0.15) is 10.3 Å². The molecule has 0 amide bonds. The highest BCUT2D eigenvalue weighted by atomic mass is 35.5. The summed E-state index contributed by atoms with van der Waals surface area (Å²) in [6, 6.07) is 9.33. The molecule has 2 rings (SSSR count). The molecule has 0 bridgehead atoms. The van der Waals surface area contributed by atoms with Crippen molar-refractivity contribution >= 4 is 46.6 Å². The van der Waals surface area contributed by atoms with Crippen molar-refractivity contribution in [2.45, 2.75) is 0 Å². The number of nitrogens with zero attached hydrogens (tertiary/aromatic N) is 2. The average Bonchev–Trinajstić information content (AvgIpc) is 2.43. The van der Waals surface area contributed by atoms with Gasteiger partial charge in [-0.1, -0.05) is 34.8 Å². The van der Waals surface area contributed by atoms with Crippen LogP contribution in [0.4, 0.5) is 5.69 Å². The summed E-state index contributed by atoms with van der Waals surface area (Å²) in [6.45, 7) is 0. The van der Waals surface area contributed by atoms with Crippen molar-refractivity contribution in [3.05, 3.63) is 51.0 Å². The molecule has 0 aliphatic carbocycles. The summed E-state index contributed by atoms with van der Waals surface area (Å²) in [5.74, 6) is 0.568. The van der Waals surface area contributed by atoms with Gasteiger partial charge in [0.25, 0.3) is 0 Å². The van der Waals surface area contributed by atoms with E-state index in [0.29, 0.717) is 11.3 Å². The Balaban J connectivity index is 2.38. The first-order valence-electron chi connectivity index (χ1n) is 5.49. The molecule has 0 saturated heterocycles. The fourth-order valence-electron chi connectivity index (χ4n) is 1.53. The van der Waals surface area contributed by atoms with E-state index in [0.717, 1.165) is 0 Å². The molecule has 4 nitrogen and oxygen atoms in total. The first kappa shape index (κ1) is 15.4. The first-order valence-corrected chi connectivity index (χ1v) is 6.63. The van der Waals surface area contributed by atoms with E-state index < -0.39 is 0 Å². The Morgan fingerprint density at radius 1 is 1.05 bits per heavy atom. The molecule has 21 heavy (non-hydrogen) atoms. The minimum atomic E-state index is 0.178. The number of isocyanates is 1. The van der Waals surface area contributed by atoms with Gasteiger partial charge in [-0.3, -0.25) is 0 Å². The number of hydrogen-bond donors (Lipinski definition) is 0. The predicted molar refractivity (Wildman–Crippen MR) is 80.5 cm³/mol. The van der Waals surface area contributed by atoms with Crippen molar-refractivity contribution in [3.63, 3.8) is 0 Å². The number of benzene rings is 2. The number of hydrogen-bond acceptors (Lipinski definition) is 4. The van der Waals surface area contributed by atoms with Crippen molar-refractivity contribution in [1.29, 1.82) is 5.26 Å². The summed E-state index contributed by atoms with van der Waals surface area (Å²) in [7, 11) is 0. The number of ether oxygens (including phenoxy) is 1. The van der Waals surface area contributed by atoms with E-state index in [1.54, 1.807) is 6.07 Å². The number of rotatable bonds is 3. The summed E-state index contributed by atoms with van der Waals surface area (Å²) in [5, 5.41) is 9.42. The van der Waals surface area contributed by atoms with E-state index in [2.05, 4.69) is 4.99 Å². The normalized spacial score (nSPS) is 9.62. The summed E-state index contributed by atoms with van der Waals surface area (Å²) < 4.78 is 5.56. The molecule has 0 heterocycles. The Kier molecular flexibility index (Phi) is 4.85. The maximum Gasteiger partial charge on any atom is 0.240 e. The topological polar surface area (TPSA) is 62.4 Å². The van der Waals surface area contributed by atoms with Crippen molar-refractivity contribution < 1.29 is 9.53 Å². The van der Waals surface area contributed by atoms with Crippen LogP contribution in [-0.4, -0.2) is 6.08 Å². The zero-order valence-electron chi connectivity index (χ0n) is 10.2. The number of carbonyl (C=O) groups excluding carboxylic acids is 1. The van der Waals surface area contributed by atoms with Crippen molar-refractivity contribution in [1.82, 2.24) is 0 Å². The maximum absolute atomic E-state index is 10.2. The maximum atomic E-state index is 10.2. The highest BCUT2D eigenvalue weighted by Crippen LogP contribution is 2.40. The molecular formula is C14H5Cl3N2O2. The van der Waals surface area contributed by atoms with Crippen LogP contribution in [0.5, 0.6) is 11.5 Å². The van der Waals surface area contributed by atoms with Crippen LogP contribution >= 0.6 is 34.8 Å². The largest absolute Gasteiger partial charge is 0.454 e. The second-order valence-electron chi connectivity index (χ2n) is 3.80. The van der Waals surface area contributed by atoms with E-state index in [-0.39, 0.29) is 26.5 Å². The molecule has 104 valence electrons. The lowest BCUT2D eigenvalue weighted by molar-refractivity contribution is 0.483. The number of aliphatic imine (C=N–C) groups is 1. The van der Waals surface area contributed by atoms with Gasteiger partial charge in [0, 0.05) is 6.07 Å². The molecule has 0 aliphatic rings. The van der Waals surface area contributed by atoms with E-state index in [1.807, 2.05) is 6.07 Å². The van der Waals surface area contributed by atoms with Gasteiger partial charge < -0.3 is 4.74 Å². The third-order valence-electron chi connectivity index (χ3n) is 2.44. The first-order chi connectivity index (χ1) is 10.0. The second kappa shape index (κ2) is 6.62. The molecule has 0 atom stereocenters. The third kappa shape index (κ3) is 3.55. The minimum absolute atomic E-state index is 0.178. The van der Waals surface area contributed by atoms with Gasteiger partial charge in [0.05, 0.1) is 26.3 Å². The van der Waals surface area contributed by atoms with Crippen LogP contribution in [0.3, 0.4) is 0 Å². The molecule has 0 spiro atoms. The van der Waals surface area contributed by atoms with Crippen LogP contribution in [-0.2, 0) is 4.79 Å². The summed E-state index contributed by atoms with van der Waals surface area (Å²) in [4.78, 5) is 13.6. The van der Waals surface area contributed by atoms with E-state index in [1.165, 1.54) is 30.3 Å². The van der Waals surface area contributed by atoms with E-state index >= 15 is 0 Å². The highest BCUT2D eigenvalue weighted by Gasteiger charge is 2.12. The lowest BCUT2D eigenvalue weighted by Gasteiger charge is -2.10. The standard InChI is InChI=1S/C14H5Cl3N2O2/c15-11-5-10(2-1-8(11)6-18)21-14-12(16)3-9(19-7-20)4-13(14)17/h1-5H. The van der Waals surface area contributed by atoms with Crippen LogP contribution in [0.25, 0.3) is 0 Å². The summed E-state index contributed by atoms with van der Waals surface area (Å²) in [5.41, 5.74) is 0.599. The zero-order valence-corrected chi connectivity index (χ0v) is 12.5. The SMILES string of the molecule is N#Cc1ccc(Oc2c(Cl)cc(N=C=O)cc2Cl)cc1Cl. The van der Waals surface area contributed by atoms with Gasteiger partial charge in [0.1, 0.15) is 11.8 Å². The number of halogens is 3. The van der Waals surface area contributed by atoms with Crippen LogP contribution in [0.15, 0.2) is 35.3 Å². The molecule has 2 aromatic rings. The van der Waals surface area contributed by atoms with E-state index in [4.69, 9.17) is 44.8 Å². The lowest BCUT2D eigenvalue weighted by Crippen LogP contribution is -1.88. The van der Waals surface area contributed by atoms with Crippen LogP contribution < -0.4 is 4.74 Å². The predicted octanol–water partition coefficient (Wildman–Crippen LogP) is 5.28. The van der Waals surface area contributed by atoms with Crippen molar-refractivity contribution in [3.8, 4) is 17.6 Å². The molecule has 0 radical (unpaired) electrons. The molecule has 0 saturated carbocycles. The average molecular weight is 340 g/mol. The minimum Gasteiger partial charge on any atom is -0.454 e. The summed E-state index contributed by atoms with van der Waals surface area (Å²) >= 11 is 18.0. The molecule has 2 aromatic carbocycles. The van der Waals surface area contributed by atoms with Crippen LogP contribution in [0.2, 0.25) is 15.1 Å². The molecule has 0 fully saturated rings. The molecule has 0 unspecified atom stereocenters.